The van der Waals surface area contributed by atoms with E-state index < -0.39 is 93.4 Å². The first-order valence-corrected chi connectivity index (χ1v) is 19.6. The van der Waals surface area contributed by atoms with E-state index in [1.165, 1.54) is 25.5 Å². The van der Waals surface area contributed by atoms with E-state index in [1.807, 2.05) is 13.8 Å². The second kappa shape index (κ2) is 21.4. The maximum atomic E-state index is 13.9. The number of Topliss-reactive ketones (excluding diaryl/α,β-unsaturated/α-hetero) is 1. The van der Waals surface area contributed by atoms with E-state index in [0.29, 0.717) is 6.42 Å². The highest BCUT2D eigenvalue weighted by Gasteiger charge is 2.47. The molecule has 0 aromatic carbocycles. The van der Waals surface area contributed by atoms with Crippen LogP contribution in [0, 0.1) is 17.8 Å². The molecule has 21 heteroatoms. The third-order valence-electron chi connectivity index (χ3n) is 9.07. The summed E-state index contributed by atoms with van der Waals surface area (Å²) >= 11 is 0. The summed E-state index contributed by atoms with van der Waals surface area (Å²) in [7, 11) is -6.05. The SMILES string of the molecule is CC[C@H](NC(=O)[C@H](CC1CCCCC1)NC(=O)C(NC(=O)[C@H](CC(C)C)NC(=O)c1cnccn1)[C@@H](C)CC)C(=O)C(=O)NCC(=O)NS(=O)(=O)C(F)(F)F. The lowest BCUT2D eigenvalue weighted by atomic mass is 9.84. The van der Waals surface area contributed by atoms with Crippen molar-refractivity contribution in [3.63, 3.8) is 0 Å². The fourth-order valence-electron chi connectivity index (χ4n) is 5.83. The summed E-state index contributed by atoms with van der Waals surface area (Å²) in [4.78, 5) is 99.2. The van der Waals surface area contributed by atoms with Crippen LogP contribution in [0.5, 0.6) is 0 Å². The van der Waals surface area contributed by atoms with E-state index in [-0.39, 0.29) is 36.8 Å². The molecule has 0 bridgehead atoms. The van der Waals surface area contributed by atoms with Gasteiger partial charge in [-0.25, -0.2) is 9.71 Å². The van der Waals surface area contributed by atoms with Crippen molar-refractivity contribution in [3.05, 3.63) is 24.3 Å². The zero-order chi connectivity index (χ0) is 41.5. The summed E-state index contributed by atoms with van der Waals surface area (Å²) in [6.45, 7) is 7.36. The van der Waals surface area contributed by atoms with Crippen LogP contribution in [-0.2, 0) is 38.8 Å². The predicted octanol–water partition coefficient (Wildman–Crippen LogP) is 1.15. The molecule has 1 heterocycles. The number of hydrogen-bond acceptors (Lipinski definition) is 11. The summed E-state index contributed by atoms with van der Waals surface area (Å²) in [5.41, 5.74) is -5.81. The molecule has 6 amide bonds. The van der Waals surface area contributed by atoms with E-state index >= 15 is 0 Å². The lowest BCUT2D eigenvalue weighted by molar-refractivity contribution is -0.141. The fraction of sp³-hybridized carbons (Fsp3) is 0.676. The molecule has 0 saturated heterocycles. The average Bonchev–Trinajstić information content (AvgIpc) is 3.13. The Morgan fingerprint density at radius 3 is 1.98 bits per heavy atom. The predicted molar refractivity (Wildman–Crippen MR) is 191 cm³/mol. The normalized spacial score (nSPS) is 16.4. The molecule has 0 spiro atoms. The van der Waals surface area contributed by atoms with Crippen molar-refractivity contribution in [2.75, 3.05) is 6.54 Å². The second-order valence-electron chi connectivity index (χ2n) is 13.9. The summed E-state index contributed by atoms with van der Waals surface area (Å²) < 4.78 is 60.7. The van der Waals surface area contributed by atoms with Crippen molar-refractivity contribution in [3.8, 4) is 0 Å². The standard InChI is InChI=1S/C34H51F3N8O9S/c1-6-20(5)27(44-30(49)23(15-19(3)4)42-31(50)25-17-38-13-14-39-25)32(51)43-24(16-21-11-9-8-10-12-21)29(48)41-22(7-2)28(47)33(52)40-18-26(46)45-55(53,54)34(35,36)37/h13-14,17,19-24,27H,6-12,15-16,18H2,1-5H3,(H,40,52)(H,41,48)(H,42,50)(H,43,51)(H,44,49)(H,45,46)/t20-,22-,23-,24-,27?/m0/s1. The van der Waals surface area contributed by atoms with Crippen LogP contribution in [-0.4, -0.2) is 95.8 Å². The molecule has 0 aliphatic heterocycles. The first-order valence-electron chi connectivity index (χ1n) is 18.1. The Morgan fingerprint density at radius 2 is 1.44 bits per heavy atom. The molecular weight excluding hydrogens is 753 g/mol. The molecule has 308 valence electrons. The highest BCUT2D eigenvalue weighted by Crippen LogP contribution is 2.28. The highest BCUT2D eigenvalue weighted by atomic mass is 32.2. The van der Waals surface area contributed by atoms with Crippen molar-refractivity contribution in [2.45, 2.75) is 122 Å². The van der Waals surface area contributed by atoms with Crippen LogP contribution < -0.4 is 31.3 Å². The van der Waals surface area contributed by atoms with Crippen molar-refractivity contribution in [1.82, 2.24) is 41.3 Å². The number of carbonyl (C=O) groups excluding carboxylic acids is 7. The molecule has 5 atom stereocenters. The Bertz CT molecular complexity index is 1620. The number of ketones is 1. The molecule has 1 aromatic rings. The monoisotopic (exact) mass is 804 g/mol. The molecule has 2 rings (SSSR count). The van der Waals surface area contributed by atoms with Gasteiger partial charge in [-0.05, 0) is 37.0 Å². The third-order valence-corrected chi connectivity index (χ3v) is 10.2. The van der Waals surface area contributed by atoms with Gasteiger partial charge in [0, 0.05) is 12.4 Å². The molecule has 1 saturated carbocycles. The maximum Gasteiger partial charge on any atom is 0.516 e. The van der Waals surface area contributed by atoms with Gasteiger partial charge in [-0.1, -0.05) is 73.1 Å². The molecule has 1 unspecified atom stereocenters. The van der Waals surface area contributed by atoms with E-state index in [0.717, 1.165) is 36.8 Å². The molecule has 1 aliphatic carbocycles. The summed E-state index contributed by atoms with van der Waals surface area (Å²) in [5.74, 6) is -7.85. The zero-order valence-electron chi connectivity index (χ0n) is 31.5. The van der Waals surface area contributed by atoms with Crippen molar-refractivity contribution >= 4 is 51.2 Å². The number of amides is 6. The van der Waals surface area contributed by atoms with Gasteiger partial charge in [0.25, 0.3) is 17.7 Å². The molecule has 1 aliphatic rings. The third kappa shape index (κ3) is 14.8. The number of nitrogens with one attached hydrogen (secondary N) is 6. The summed E-state index contributed by atoms with van der Waals surface area (Å²) in [6.07, 6.45) is 8.92. The molecule has 1 aromatic heterocycles. The van der Waals surface area contributed by atoms with Crippen molar-refractivity contribution < 1.29 is 55.2 Å². The Morgan fingerprint density at radius 1 is 0.818 bits per heavy atom. The number of sulfonamides is 1. The first kappa shape index (κ1) is 46.5. The minimum absolute atomic E-state index is 0.0127. The van der Waals surface area contributed by atoms with Gasteiger partial charge in [0.1, 0.15) is 23.8 Å². The number of alkyl halides is 3. The van der Waals surface area contributed by atoms with Crippen LogP contribution in [0.2, 0.25) is 0 Å². The van der Waals surface area contributed by atoms with Crippen LogP contribution in [0.25, 0.3) is 0 Å². The lowest BCUT2D eigenvalue weighted by Gasteiger charge is -2.31. The van der Waals surface area contributed by atoms with E-state index in [4.69, 9.17) is 0 Å². The minimum atomic E-state index is -6.05. The van der Waals surface area contributed by atoms with Crippen LogP contribution in [0.3, 0.4) is 0 Å². The molecule has 6 N–H and O–H groups in total. The average molecular weight is 805 g/mol. The van der Waals surface area contributed by atoms with Gasteiger partial charge in [0.2, 0.25) is 23.5 Å². The van der Waals surface area contributed by atoms with Crippen molar-refractivity contribution in [1.29, 1.82) is 0 Å². The minimum Gasteiger partial charge on any atom is -0.344 e. The zero-order valence-corrected chi connectivity index (χ0v) is 32.3. The van der Waals surface area contributed by atoms with Gasteiger partial charge in [-0.2, -0.15) is 21.6 Å². The summed E-state index contributed by atoms with van der Waals surface area (Å²) in [6, 6.07) is -4.95. The van der Waals surface area contributed by atoms with Crippen molar-refractivity contribution in [2.24, 2.45) is 17.8 Å². The number of aromatic nitrogens is 2. The largest absolute Gasteiger partial charge is 0.516 e. The Kier molecular flexibility index (Phi) is 18.1. The van der Waals surface area contributed by atoms with Gasteiger partial charge >= 0.3 is 15.5 Å². The van der Waals surface area contributed by atoms with E-state index in [2.05, 4.69) is 31.2 Å². The maximum absolute atomic E-state index is 13.9. The number of hydrogen-bond donors (Lipinski definition) is 6. The van der Waals surface area contributed by atoms with Gasteiger partial charge in [-0.15, -0.1) is 0 Å². The van der Waals surface area contributed by atoms with Gasteiger partial charge in [0.15, 0.2) is 0 Å². The van der Waals surface area contributed by atoms with Gasteiger partial charge < -0.3 is 26.6 Å². The van der Waals surface area contributed by atoms with E-state index in [1.54, 1.807) is 19.2 Å². The molecule has 0 radical (unpaired) electrons. The number of nitrogens with zero attached hydrogens (tertiary/aromatic N) is 2. The Balaban J connectivity index is 2.24. The smallest absolute Gasteiger partial charge is 0.344 e. The first-order chi connectivity index (χ1) is 25.7. The molecular formula is C34H51F3N8O9S. The fourth-order valence-corrected chi connectivity index (χ4v) is 6.32. The second-order valence-corrected chi connectivity index (χ2v) is 15.6. The highest BCUT2D eigenvalue weighted by molar-refractivity contribution is 7.90. The quantitative estimate of drug-likeness (QED) is 0.102. The number of rotatable bonds is 20. The number of halogens is 3. The van der Waals surface area contributed by atoms with Crippen LogP contribution >= 0.6 is 0 Å². The molecule has 1 fully saturated rings. The van der Waals surface area contributed by atoms with Crippen LogP contribution in [0.15, 0.2) is 18.6 Å². The topological polar surface area (TPSA) is 252 Å². The Labute approximate surface area is 318 Å². The van der Waals surface area contributed by atoms with Gasteiger partial charge in [-0.3, -0.25) is 38.5 Å². The van der Waals surface area contributed by atoms with Crippen LogP contribution in [0.4, 0.5) is 13.2 Å². The lowest BCUT2D eigenvalue weighted by Crippen LogP contribution is -2.60. The van der Waals surface area contributed by atoms with Crippen LogP contribution in [0.1, 0.15) is 103 Å². The molecule has 55 heavy (non-hydrogen) atoms. The summed E-state index contributed by atoms with van der Waals surface area (Å²) in [5, 5.41) is 12.3. The van der Waals surface area contributed by atoms with Gasteiger partial charge in [0.05, 0.1) is 18.8 Å². The Hall–Kier alpha value is -4.69. The van der Waals surface area contributed by atoms with E-state index in [9.17, 15) is 55.2 Å². The number of carbonyl (C=O) groups is 7. The molecule has 17 nitrogen and oxygen atoms in total.